The van der Waals surface area contributed by atoms with Gasteiger partial charge in [0.05, 0.1) is 17.0 Å². The van der Waals surface area contributed by atoms with Crippen molar-refractivity contribution >= 4 is 28.0 Å². The number of nitrogens with zero attached hydrogens (tertiary/aromatic N) is 1. The van der Waals surface area contributed by atoms with E-state index in [4.69, 9.17) is 5.73 Å². The van der Waals surface area contributed by atoms with E-state index in [0.29, 0.717) is 17.3 Å². The number of fused-ring (bicyclic) bond motifs is 1. The molecule has 0 aliphatic carbocycles. The molecule has 1 unspecified atom stereocenters. The molecule has 27 heavy (non-hydrogen) atoms. The average molecular weight is 361 g/mol. The lowest BCUT2D eigenvalue weighted by Crippen LogP contribution is -2.27. The Labute approximate surface area is 160 Å². The molecule has 4 heteroatoms. The molecule has 4 nitrogen and oxygen atoms in total. The maximum absolute atomic E-state index is 12.6. The highest BCUT2D eigenvalue weighted by atomic mass is 16.1. The number of para-hydroxylation sites is 1. The van der Waals surface area contributed by atoms with E-state index in [-0.39, 0.29) is 5.78 Å². The largest absolute Gasteiger partial charge is 0.398 e. The summed E-state index contributed by atoms with van der Waals surface area (Å²) < 4.78 is 0. The fraction of sp³-hybridized carbons (Fsp3) is 0.261. The number of carbonyl (C=O) groups is 1. The molecule has 0 saturated carbocycles. The summed E-state index contributed by atoms with van der Waals surface area (Å²) in [6, 6.07) is 18.2. The molecule has 0 amide bonds. The van der Waals surface area contributed by atoms with Gasteiger partial charge in [-0.2, -0.15) is 0 Å². The Kier molecular flexibility index (Phi) is 5.47. The zero-order valence-corrected chi connectivity index (χ0v) is 16.4. The van der Waals surface area contributed by atoms with E-state index in [0.717, 1.165) is 34.1 Å². The van der Waals surface area contributed by atoms with Crippen molar-refractivity contribution < 1.29 is 4.79 Å². The van der Waals surface area contributed by atoms with Crippen molar-refractivity contribution in [2.24, 2.45) is 5.73 Å². The van der Waals surface area contributed by atoms with Gasteiger partial charge in [0, 0.05) is 16.9 Å². The van der Waals surface area contributed by atoms with Crippen LogP contribution < -0.4 is 5.73 Å². The lowest BCUT2D eigenvalue weighted by Gasteiger charge is -2.20. The van der Waals surface area contributed by atoms with Gasteiger partial charge in [-0.1, -0.05) is 48.5 Å². The molecule has 0 saturated heterocycles. The van der Waals surface area contributed by atoms with Crippen LogP contribution in [0.15, 0.2) is 54.6 Å². The summed E-state index contributed by atoms with van der Waals surface area (Å²) in [6.07, 6.45) is 0.825. The average Bonchev–Trinajstić information content (AvgIpc) is 3.00. The molecule has 3 rings (SSSR count). The first kappa shape index (κ1) is 18.9. The molecular formula is C23H27N3O. The van der Waals surface area contributed by atoms with E-state index in [2.05, 4.69) is 37.0 Å². The van der Waals surface area contributed by atoms with Crippen molar-refractivity contribution in [1.82, 2.24) is 9.88 Å². The molecule has 140 valence electrons. The van der Waals surface area contributed by atoms with Gasteiger partial charge in [-0.25, -0.2) is 0 Å². The van der Waals surface area contributed by atoms with Gasteiger partial charge in [0.1, 0.15) is 0 Å². The second-order valence-electron chi connectivity index (χ2n) is 7.25. The van der Waals surface area contributed by atoms with Gasteiger partial charge in [0.2, 0.25) is 0 Å². The minimum Gasteiger partial charge on any atom is -0.398 e. The van der Waals surface area contributed by atoms with Gasteiger partial charge >= 0.3 is 0 Å². The Morgan fingerprint density at radius 2 is 1.70 bits per heavy atom. The van der Waals surface area contributed by atoms with Crippen molar-refractivity contribution in [2.45, 2.75) is 26.3 Å². The molecule has 1 aromatic heterocycles. The Bertz CT molecular complexity index is 983. The number of allylic oxidation sites excluding steroid dienone is 1. The van der Waals surface area contributed by atoms with Gasteiger partial charge in [0.25, 0.3) is 0 Å². The number of nitrogens with one attached hydrogen (secondary N) is 1. The Hall–Kier alpha value is -2.85. The molecule has 3 aromatic rings. The third-order valence-corrected chi connectivity index (χ3v) is 5.15. The Morgan fingerprint density at radius 3 is 2.33 bits per heavy atom. The van der Waals surface area contributed by atoms with Crippen LogP contribution in [0.3, 0.4) is 0 Å². The van der Waals surface area contributed by atoms with Crippen LogP contribution in [-0.4, -0.2) is 35.8 Å². The van der Waals surface area contributed by atoms with Crippen molar-refractivity contribution in [3.05, 3.63) is 71.4 Å². The van der Waals surface area contributed by atoms with Crippen LogP contribution >= 0.6 is 0 Å². The van der Waals surface area contributed by atoms with Gasteiger partial charge in [-0.3, -0.25) is 4.79 Å². The second-order valence-corrected chi connectivity index (χ2v) is 7.25. The lowest BCUT2D eigenvalue weighted by molar-refractivity contribution is -0.111. The topological polar surface area (TPSA) is 62.1 Å². The predicted octanol–water partition coefficient (Wildman–Crippen LogP) is 4.08. The minimum atomic E-state index is -0.0401. The number of hydrogen-bond acceptors (Lipinski definition) is 3. The van der Waals surface area contributed by atoms with E-state index < -0.39 is 0 Å². The van der Waals surface area contributed by atoms with Crippen LogP contribution in [0.4, 0.5) is 0 Å². The molecule has 0 radical (unpaired) electrons. The van der Waals surface area contributed by atoms with Crippen LogP contribution in [0.5, 0.6) is 0 Å². The number of Topliss-reactive ketones (excluding diaryl/α,β-unsaturated/α-hetero) is 1. The number of H-pyrrole nitrogens is 1. The molecule has 0 fully saturated rings. The molecule has 3 N–H and O–H groups in total. The number of hydrogen-bond donors (Lipinski definition) is 2. The number of ketones is 1. The summed E-state index contributed by atoms with van der Waals surface area (Å²) in [5.74, 6) is -0.0401. The fourth-order valence-electron chi connectivity index (χ4n) is 3.37. The first-order valence-corrected chi connectivity index (χ1v) is 9.22. The van der Waals surface area contributed by atoms with Crippen LogP contribution in [-0.2, 0) is 11.2 Å². The maximum Gasteiger partial charge on any atom is 0.164 e. The standard InChI is InChI=1S/C23H27N3O/c1-15(26(3)4)14-19-18-12-8-9-13-20(18)25-23(19)21(16(2)27)22(24)17-10-6-5-7-11-17/h5-13,15,25H,14,24H2,1-4H3. The molecule has 2 aromatic carbocycles. The monoisotopic (exact) mass is 361 g/mol. The summed E-state index contributed by atoms with van der Waals surface area (Å²) in [5.41, 5.74) is 11.4. The third kappa shape index (κ3) is 3.81. The van der Waals surface area contributed by atoms with E-state index in [1.54, 1.807) is 6.92 Å². The highest BCUT2D eigenvalue weighted by Gasteiger charge is 2.22. The summed E-state index contributed by atoms with van der Waals surface area (Å²) >= 11 is 0. The minimum absolute atomic E-state index is 0.0401. The van der Waals surface area contributed by atoms with Crippen LogP contribution in [0, 0.1) is 0 Å². The highest BCUT2D eigenvalue weighted by Crippen LogP contribution is 2.32. The Balaban J connectivity index is 2.25. The van der Waals surface area contributed by atoms with Crippen molar-refractivity contribution in [2.75, 3.05) is 14.1 Å². The third-order valence-electron chi connectivity index (χ3n) is 5.15. The van der Waals surface area contributed by atoms with Gasteiger partial charge in [-0.15, -0.1) is 0 Å². The number of aromatic nitrogens is 1. The fourth-order valence-corrected chi connectivity index (χ4v) is 3.37. The van der Waals surface area contributed by atoms with Crippen LogP contribution in [0.25, 0.3) is 22.2 Å². The predicted molar refractivity (Wildman–Crippen MR) is 113 cm³/mol. The second kappa shape index (κ2) is 7.80. The maximum atomic E-state index is 12.6. The summed E-state index contributed by atoms with van der Waals surface area (Å²) in [6.45, 7) is 3.76. The SMILES string of the molecule is CC(=O)C(=C(N)c1ccccc1)c1[nH]c2ccccc2c1CC(C)N(C)C. The molecule has 0 spiro atoms. The van der Waals surface area contributed by atoms with E-state index >= 15 is 0 Å². The van der Waals surface area contributed by atoms with Gasteiger partial charge in [0.15, 0.2) is 5.78 Å². The number of likely N-dealkylation sites (N-methyl/N-ethyl adjacent to an activating group) is 1. The number of nitrogens with two attached hydrogens (primary N) is 1. The summed E-state index contributed by atoms with van der Waals surface area (Å²) in [4.78, 5) is 18.3. The van der Waals surface area contributed by atoms with Crippen molar-refractivity contribution in [1.29, 1.82) is 0 Å². The number of rotatable bonds is 6. The molecule has 0 bridgehead atoms. The molecule has 1 heterocycles. The summed E-state index contributed by atoms with van der Waals surface area (Å²) in [5, 5.41) is 1.14. The number of aromatic amines is 1. The number of carbonyl (C=O) groups excluding carboxylic acids is 1. The van der Waals surface area contributed by atoms with Gasteiger partial charge in [-0.05, 0) is 51.6 Å². The van der Waals surface area contributed by atoms with E-state index in [9.17, 15) is 4.79 Å². The Morgan fingerprint density at radius 1 is 1.07 bits per heavy atom. The zero-order valence-electron chi connectivity index (χ0n) is 16.4. The molecular weight excluding hydrogens is 334 g/mol. The smallest absolute Gasteiger partial charge is 0.164 e. The van der Waals surface area contributed by atoms with Crippen molar-refractivity contribution in [3.8, 4) is 0 Å². The number of benzene rings is 2. The van der Waals surface area contributed by atoms with Gasteiger partial charge < -0.3 is 15.6 Å². The highest BCUT2D eigenvalue weighted by molar-refractivity contribution is 6.27. The normalized spacial score (nSPS) is 13.7. The first-order valence-electron chi connectivity index (χ1n) is 9.22. The molecule has 0 aliphatic rings. The first-order chi connectivity index (χ1) is 12.9. The van der Waals surface area contributed by atoms with Crippen LogP contribution in [0.2, 0.25) is 0 Å². The van der Waals surface area contributed by atoms with E-state index in [1.807, 2.05) is 48.5 Å². The summed E-state index contributed by atoms with van der Waals surface area (Å²) in [7, 11) is 4.14. The molecule has 1 atom stereocenters. The van der Waals surface area contributed by atoms with Crippen LogP contribution in [0.1, 0.15) is 30.7 Å². The molecule has 0 aliphatic heterocycles. The lowest BCUT2D eigenvalue weighted by atomic mass is 9.94. The quantitative estimate of drug-likeness (QED) is 0.651. The zero-order chi connectivity index (χ0) is 19.6. The van der Waals surface area contributed by atoms with E-state index in [1.165, 1.54) is 0 Å². The van der Waals surface area contributed by atoms with Crippen molar-refractivity contribution in [3.63, 3.8) is 0 Å².